The number of rotatable bonds is 4. The van der Waals surface area contributed by atoms with E-state index >= 15 is 0 Å². The van der Waals surface area contributed by atoms with Gasteiger partial charge in [-0.2, -0.15) is 5.10 Å². The van der Waals surface area contributed by atoms with Crippen LogP contribution in [0.5, 0.6) is 0 Å². The molecule has 2 aromatic rings. The van der Waals surface area contributed by atoms with E-state index in [1.54, 1.807) is 0 Å². The van der Waals surface area contributed by atoms with E-state index in [2.05, 4.69) is 10.4 Å². The van der Waals surface area contributed by atoms with Gasteiger partial charge in [-0.3, -0.25) is 9.59 Å². The summed E-state index contributed by atoms with van der Waals surface area (Å²) >= 11 is 0. The maximum atomic E-state index is 12.4. The zero-order valence-electron chi connectivity index (χ0n) is 13.5. The number of amides is 2. The van der Waals surface area contributed by atoms with Gasteiger partial charge in [0, 0.05) is 19.4 Å². The Morgan fingerprint density at radius 3 is 2.54 bits per heavy atom. The van der Waals surface area contributed by atoms with Gasteiger partial charge in [-0.15, -0.1) is 0 Å². The fraction of sp³-hybridized carbons (Fsp3) is 0.211. The summed E-state index contributed by atoms with van der Waals surface area (Å²) in [7, 11) is 0. The molecule has 0 spiro atoms. The highest BCUT2D eigenvalue weighted by molar-refractivity contribution is 6.40. The second-order valence-corrected chi connectivity index (χ2v) is 5.71. The Morgan fingerprint density at radius 1 is 1.08 bits per heavy atom. The molecule has 2 amide bonds. The van der Waals surface area contributed by atoms with Gasteiger partial charge in [-0.1, -0.05) is 48.5 Å². The summed E-state index contributed by atoms with van der Waals surface area (Å²) in [6.07, 6.45) is 0.647. The average molecular weight is 321 g/mol. The molecule has 0 bridgehead atoms. The number of hydrogen-bond donors (Lipinski definition) is 1. The topological polar surface area (TPSA) is 61.8 Å². The van der Waals surface area contributed by atoms with Crippen LogP contribution < -0.4 is 10.3 Å². The average Bonchev–Trinajstić information content (AvgIpc) is 2.62. The molecule has 24 heavy (non-hydrogen) atoms. The molecule has 122 valence electrons. The Balaban J connectivity index is 1.75. The summed E-state index contributed by atoms with van der Waals surface area (Å²) < 4.78 is 0. The molecule has 0 aromatic heterocycles. The highest BCUT2D eigenvalue weighted by Gasteiger charge is 2.26. The van der Waals surface area contributed by atoms with Crippen LogP contribution in [0.15, 0.2) is 59.7 Å². The fourth-order valence-electron chi connectivity index (χ4n) is 2.59. The van der Waals surface area contributed by atoms with Gasteiger partial charge >= 0.3 is 0 Å². The molecule has 5 nitrogen and oxygen atoms in total. The lowest BCUT2D eigenvalue weighted by Crippen LogP contribution is -2.39. The number of anilines is 1. The molecule has 0 saturated heterocycles. The molecular weight excluding hydrogens is 302 g/mol. The first kappa shape index (κ1) is 15.9. The number of carbonyl (C=O) groups is 2. The zero-order valence-corrected chi connectivity index (χ0v) is 13.5. The van der Waals surface area contributed by atoms with Gasteiger partial charge in [0.25, 0.3) is 5.91 Å². The van der Waals surface area contributed by atoms with Crippen molar-refractivity contribution in [2.45, 2.75) is 26.3 Å². The van der Waals surface area contributed by atoms with Crippen molar-refractivity contribution in [1.82, 2.24) is 5.32 Å². The van der Waals surface area contributed by atoms with Crippen molar-refractivity contribution in [3.8, 4) is 0 Å². The van der Waals surface area contributed by atoms with Crippen LogP contribution in [-0.2, 0) is 16.1 Å². The molecule has 2 aromatic carbocycles. The van der Waals surface area contributed by atoms with E-state index in [0.29, 0.717) is 18.7 Å². The standard InChI is InChI=1S/C19H19N3O2/c1-14-7-5-6-10-17(14)22-18(23)12-11-16(21-22)19(24)20-13-15-8-3-2-4-9-15/h2-10H,11-13H2,1H3,(H,20,24). The van der Waals surface area contributed by atoms with Crippen LogP contribution in [0.3, 0.4) is 0 Å². The maximum Gasteiger partial charge on any atom is 0.267 e. The minimum Gasteiger partial charge on any atom is -0.347 e. The van der Waals surface area contributed by atoms with E-state index in [9.17, 15) is 9.59 Å². The second kappa shape index (κ2) is 7.08. The van der Waals surface area contributed by atoms with E-state index < -0.39 is 0 Å². The number of hydrogen-bond acceptors (Lipinski definition) is 3. The molecule has 0 unspecified atom stereocenters. The zero-order chi connectivity index (χ0) is 16.9. The number of para-hydroxylation sites is 1. The minimum absolute atomic E-state index is 0.0936. The summed E-state index contributed by atoms with van der Waals surface area (Å²) in [6.45, 7) is 2.36. The SMILES string of the molecule is Cc1ccccc1N1N=C(C(=O)NCc2ccccc2)CCC1=O. The second-order valence-electron chi connectivity index (χ2n) is 5.71. The molecular formula is C19H19N3O2. The van der Waals surface area contributed by atoms with E-state index in [4.69, 9.17) is 0 Å². The van der Waals surface area contributed by atoms with Crippen molar-refractivity contribution in [3.05, 3.63) is 65.7 Å². The van der Waals surface area contributed by atoms with Crippen LogP contribution in [0.2, 0.25) is 0 Å². The molecule has 0 radical (unpaired) electrons. The lowest BCUT2D eigenvalue weighted by atomic mass is 10.1. The largest absolute Gasteiger partial charge is 0.347 e. The number of aryl methyl sites for hydroxylation is 1. The Bertz CT molecular complexity index is 784. The van der Waals surface area contributed by atoms with Gasteiger partial charge in [-0.05, 0) is 24.1 Å². The van der Waals surface area contributed by atoms with E-state index in [0.717, 1.165) is 16.8 Å². The number of hydrazone groups is 1. The molecule has 1 heterocycles. The van der Waals surface area contributed by atoms with Gasteiger partial charge in [-0.25, -0.2) is 5.01 Å². The Morgan fingerprint density at radius 2 is 1.79 bits per heavy atom. The normalized spacial score (nSPS) is 14.3. The molecule has 1 N–H and O–H groups in total. The molecule has 5 heteroatoms. The van der Waals surface area contributed by atoms with Crippen LogP contribution in [0.1, 0.15) is 24.0 Å². The van der Waals surface area contributed by atoms with Crippen molar-refractivity contribution in [1.29, 1.82) is 0 Å². The van der Waals surface area contributed by atoms with Gasteiger partial charge in [0.2, 0.25) is 5.91 Å². The smallest absolute Gasteiger partial charge is 0.267 e. The molecule has 0 atom stereocenters. The Labute approximate surface area is 141 Å². The molecule has 0 saturated carbocycles. The van der Waals surface area contributed by atoms with Crippen LogP contribution in [0, 0.1) is 6.92 Å². The van der Waals surface area contributed by atoms with E-state index in [1.165, 1.54) is 5.01 Å². The predicted octanol–water partition coefficient (Wildman–Crippen LogP) is 2.79. The third kappa shape index (κ3) is 3.51. The Kier molecular flexibility index (Phi) is 4.70. The quantitative estimate of drug-likeness (QED) is 0.941. The summed E-state index contributed by atoms with van der Waals surface area (Å²) in [6, 6.07) is 17.2. The highest BCUT2D eigenvalue weighted by Crippen LogP contribution is 2.23. The van der Waals surface area contributed by atoms with E-state index in [-0.39, 0.29) is 18.2 Å². The Hall–Kier alpha value is -2.95. The molecule has 1 aliphatic heterocycles. The monoisotopic (exact) mass is 321 g/mol. The molecule has 0 aliphatic carbocycles. The van der Waals surface area contributed by atoms with Crippen molar-refractivity contribution in [2.75, 3.05) is 5.01 Å². The molecule has 1 aliphatic rings. The van der Waals surface area contributed by atoms with Gasteiger partial charge < -0.3 is 5.32 Å². The van der Waals surface area contributed by atoms with Crippen molar-refractivity contribution in [2.24, 2.45) is 5.10 Å². The van der Waals surface area contributed by atoms with Crippen molar-refractivity contribution in [3.63, 3.8) is 0 Å². The van der Waals surface area contributed by atoms with E-state index in [1.807, 2.05) is 61.5 Å². The summed E-state index contributed by atoms with van der Waals surface area (Å²) in [5.41, 5.74) is 3.07. The lowest BCUT2D eigenvalue weighted by molar-refractivity contribution is -0.119. The van der Waals surface area contributed by atoms with Crippen LogP contribution in [-0.4, -0.2) is 17.5 Å². The summed E-state index contributed by atoms with van der Waals surface area (Å²) in [5.74, 6) is -0.325. The van der Waals surface area contributed by atoms with Crippen LogP contribution >= 0.6 is 0 Å². The highest BCUT2D eigenvalue weighted by atomic mass is 16.2. The first-order valence-electron chi connectivity index (χ1n) is 7.93. The van der Waals surface area contributed by atoms with Crippen LogP contribution in [0.25, 0.3) is 0 Å². The minimum atomic E-state index is -0.232. The predicted molar refractivity (Wildman–Crippen MR) is 93.6 cm³/mol. The third-order valence-corrected chi connectivity index (χ3v) is 3.93. The van der Waals surface area contributed by atoms with Crippen LogP contribution in [0.4, 0.5) is 5.69 Å². The first-order chi connectivity index (χ1) is 11.6. The number of nitrogens with one attached hydrogen (secondary N) is 1. The fourth-order valence-corrected chi connectivity index (χ4v) is 2.59. The summed E-state index contributed by atoms with van der Waals surface area (Å²) in [4.78, 5) is 24.5. The number of benzene rings is 2. The number of nitrogens with zero attached hydrogens (tertiary/aromatic N) is 2. The maximum absolute atomic E-state index is 12.4. The molecule has 3 rings (SSSR count). The van der Waals surface area contributed by atoms with Crippen molar-refractivity contribution >= 4 is 23.2 Å². The first-order valence-corrected chi connectivity index (χ1v) is 7.93. The third-order valence-electron chi connectivity index (χ3n) is 3.93. The van der Waals surface area contributed by atoms with Crippen molar-refractivity contribution < 1.29 is 9.59 Å². The lowest BCUT2D eigenvalue weighted by Gasteiger charge is -2.24. The summed E-state index contributed by atoms with van der Waals surface area (Å²) in [5, 5.41) is 8.50. The van der Waals surface area contributed by atoms with Gasteiger partial charge in [0.15, 0.2) is 0 Å². The number of carbonyl (C=O) groups excluding carboxylic acids is 2. The van der Waals surface area contributed by atoms with Gasteiger partial charge in [0.05, 0.1) is 5.69 Å². The molecule has 0 fully saturated rings. The van der Waals surface area contributed by atoms with Gasteiger partial charge in [0.1, 0.15) is 5.71 Å².